The molecule has 0 spiro atoms. The first-order valence-electron chi connectivity index (χ1n) is 7.36. The molecule has 0 aliphatic carbocycles. The second kappa shape index (κ2) is 11.1. The summed E-state index contributed by atoms with van der Waals surface area (Å²) in [7, 11) is -3.67. The van der Waals surface area contributed by atoms with Gasteiger partial charge in [0.05, 0.1) is 12.3 Å². The summed E-state index contributed by atoms with van der Waals surface area (Å²) in [5, 5.41) is 2.93. The first kappa shape index (κ1) is 21.5. The van der Waals surface area contributed by atoms with Gasteiger partial charge in [-0.3, -0.25) is 9.35 Å². The van der Waals surface area contributed by atoms with Gasteiger partial charge >= 0.3 is 0 Å². The second-order valence-electron chi connectivity index (χ2n) is 5.37. The van der Waals surface area contributed by atoms with Gasteiger partial charge < -0.3 is 16.8 Å². The summed E-state index contributed by atoms with van der Waals surface area (Å²) in [6, 6.07) is 9.72. The SMILES string of the molecule is CC(Cc1ccccc1)NC(=O)C(N)CCCN.CS(=O)(=O)O. The quantitative estimate of drug-likeness (QED) is 0.525. The van der Waals surface area contributed by atoms with Crippen LogP contribution in [0.2, 0.25) is 0 Å². The van der Waals surface area contributed by atoms with Crippen molar-refractivity contribution in [2.45, 2.75) is 38.3 Å². The summed E-state index contributed by atoms with van der Waals surface area (Å²) >= 11 is 0. The van der Waals surface area contributed by atoms with Gasteiger partial charge in [-0.1, -0.05) is 30.3 Å². The molecular weight excluding hydrogens is 318 g/mol. The van der Waals surface area contributed by atoms with Crippen LogP contribution in [0.3, 0.4) is 0 Å². The van der Waals surface area contributed by atoms with Gasteiger partial charge in [0.25, 0.3) is 10.1 Å². The Morgan fingerprint density at radius 1 is 1.30 bits per heavy atom. The Hall–Kier alpha value is -1.48. The number of carbonyl (C=O) groups is 1. The summed E-state index contributed by atoms with van der Waals surface area (Å²) < 4.78 is 25.9. The minimum absolute atomic E-state index is 0.0869. The van der Waals surface area contributed by atoms with E-state index in [-0.39, 0.29) is 11.9 Å². The molecule has 1 rings (SSSR count). The van der Waals surface area contributed by atoms with Crippen LogP contribution in [0.25, 0.3) is 0 Å². The molecule has 23 heavy (non-hydrogen) atoms. The van der Waals surface area contributed by atoms with Crippen molar-refractivity contribution < 1.29 is 17.8 Å². The summed E-state index contributed by atoms with van der Waals surface area (Å²) in [5.74, 6) is -0.0909. The van der Waals surface area contributed by atoms with Gasteiger partial charge in [-0.15, -0.1) is 0 Å². The van der Waals surface area contributed by atoms with Crippen molar-refractivity contribution in [3.05, 3.63) is 35.9 Å². The van der Waals surface area contributed by atoms with Crippen LogP contribution in [0.5, 0.6) is 0 Å². The van der Waals surface area contributed by atoms with Crippen LogP contribution >= 0.6 is 0 Å². The predicted octanol–water partition coefficient (Wildman–Crippen LogP) is 0.304. The average molecular weight is 345 g/mol. The van der Waals surface area contributed by atoms with Crippen molar-refractivity contribution in [1.82, 2.24) is 5.32 Å². The van der Waals surface area contributed by atoms with Crippen molar-refractivity contribution in [3.63, 3.8) is 0 Å². The summed E-state index contributed by atoms with van der Waals surface area (Å²) in [4.78, 5) is 11.8. The highest BCUT2D eigenvalue weighted by Crippen LogP contribution is 2.03. The molecule has 0 saturated heterocycles. The molecule has 7 nitrogen and oxygen atoms in total. The highest BCUT2D eigenvalue weighted by Gasteiger charge is 2.15. The van der Waals surface area contributed by atoms with Gasteiger partial charge in [0.15, 0.2) is 0 Å². The number of hydrogen-bond acceptors (Lipinski definition) is 5. The van der Waals surface area contributed by atoms with E-state index in [1.54, 1.807) is 0 Å². The average Bonchev–Trinajstić information content (AvgIpc) is 2.43. The molecule has 0 radical (unpaired) electrons. The summed E-state index contributed by atoms with van der Waals surface area (Å²) in [5.41, 5.74) is 12.4. The van der Waals surface area contributed by atoms with E-state index in [9.17, 15) is 13.2 Å². The third-order valence-corrected chi connectivity index (χ3v) is 2.83. The van der Waals surface area contributed by atoms with E-state index >= 15 is 0 Å². The summed E-state index contributed by atoms with van der Waals surface area (Å²) in [6.07, 6.45) is 2.95. The third-order valence-electron chi connectivity index (χ3n) is 2.83. The normalized spacial score (nSPS) is 13.4. The van der Waals surface area contributed by atoms with Crippen molar-refractivity contribution in [2.75, 3.05) is 12.8 Å². The Morgan fingerprint density at radius 2 is 1.83 bits per heavy atom. The highest BCUT2D eigenvalue weighted by molar-refractivity contribution is 7.85. The maximum atomic E-state index is 11.8. The van der Waals surface area contributed by atoms with E-state index in [1.807, 2.05) is 25.1 Å². The number of nitrogens with one attached hydrogen (secondary N) is 1. The molecule has 132 valence electrons. The molecule has 0 aliphatic heterocycles. The molecule has 1 aromatic rings. The number of hydrogen-bond donors (Lipinski definition) is 4. The van der Waals surface area contributed by atoms with Crippen LogP contribution in [0.15, 0.2) is 30.3 Å². The maximum Gasteiger partial charge on any atom is 0.261 e. The smallest absolute Gasteiger partial charge is 0.261 e. The number of rotatable bonds is 7. The second-order valence-corrected chi connectivity index (χ2v) is 6.84. The van der Waals surface area contributed by atoms with Crippen molar-refractivity contribution >= 4 is 16.0 Å². The Morgan fingerprint density at radius 3 is 2.30 bits per heavy atom. The van der Waals surface area contributed by atoms with E-state index in [0.29, 0.717) is 19.2 Å². The zero-order chi connectivity index (χ0) is 17.9. The van der Waals surface area contributed by atoms with Gasteiger partial charge in [-0.2, -0.15) is 8.42 Å². The predicted molar refractivity (Wildman–Crippen MR) is 91.5 cm³/mol. The molecule has 1 aromatic carbocycles. The van der Waals surface area contributed by atoms with Crippen molar-refractivity contribution in [1.29, 1.82) is 0 Å². The lowest BCUT2D eigenvalue weighted by Gasteiger charge is -2.17. The lowest BCUT2D eigenvalue weighted by atomic mass is 10.1. The van der Waals surface area contributed by atoms with Crippen LogP contribution in [0.1, 0.15) is 25.3 Å². The zero-order valence-electron chi connectivity index (χ0n) is 13.6. The van der Waals surface area contributed by atoms with E-state index in [4.69, 9.17) is 16.0 Å². The minimum Gasteiger partial charge on any atom is -0.352 e. The number of amides is 1. The molecule has 0 fully saturated rings. The van der Waals surface area contributed by atoms with Crippen LogP contribution in [0.4, 0.5) is 0 Å². The van der Waals surface area contributed by atoms with Crippen LogP contribution < -0.4 is 16.8 Å². The number of nitrogens with two attached hydrogens (primary N) is 2. The number of benzene rings is 1. The first-order valence-corrected chi connectivity index (χ1v) is 9.20. The van der Waals surface area contributed by atoms with Crippen LogP contribution in [-0.2, 0) is 21.3 Å². The standard InChI is InChI=1S/C14H23N3O.CH4O3S/c1-11(10-12-6-3-2-4-7-12)17-14(18)13(16)8-5-9-15;1-5(2,3)4/h2-4,6-7,11,13H,5,8-10,15-16H2,1H3,(H,17,18);1H3,(H,2,3,4). The van der Waals surface area contributed by atoms with E-state index in [0.717, 1.165) is 12.8 Å². The van der Waals surface area contributed by atoms with Gasteiger partial charge in [-0.05, 0) is 38.3 Å². The fraction of sp³-hybridized carbons (Fsp3) is 0.533. The molecule has 0 heterocycles. The topological polar surface area (TPSA) is 136 Å². The fourth-order valence-corrected chi connectivity index (χ4v) is 1.84. The molecule has 0 saturated carbocycles. The monoisotopic (exact) mass is 345 g/mol. The summed E-state index contributed by atoms with van der Waals surface area (Å²) in [6.45, 7) is 2.56. The molecule has 0 aromatic heterocycles. The molecule has 2 unspecified atom stereocenters. The maximum absolute atomic E-state index is 11.8. The third kappa shape index (κ3) is 13.9. The van der Waals surface area contributed by atoms with Gasteiger partial charge in [0.2, 0.25) is 5.91 Å². The lowest BCUT2D eigenvalue weighted by molar-refractivity contribution is -0.123. The van der Waals surface area contributed by atoms with Gasteiger partial charge in [0, 0.05) is 6.04 Å². The number of carbonyl (C=O) groups excluding carboxylic acids is 1. The molecule has 2 atom stereocenters. The van der Waals surface area contributed by atoms with Gasteiger partial charge in [-0.25, -0.2) is 0 Å². The minimum atomic E-state index is -3.67. The molecular formula is C15H27N3O4S. The van der Waals surface area contributed by atoms with E-state index in [1.165, 1.54) is 5.56 Å². The largest absolute Gasteiger partial charge is 0.352 e. The molecule has 8 heteroatoms. The molecule has 0 bridgehead atoms. The van der Waals surface area contributed by atoms with Gasteiger partial charge in [0.1, 0.15) is 0 Å². The highest BCUT2D eigenvalue weighted by atomic mass is 32.2. The molecule has 0 aliphatic rings. The Bertz CT molecular complexity index is 541. The molecule has 6 N–H and O–H groups in total. The fourth-order valence-electron chi connectivity index (χ4n) is 1.84. The van der Waals surface area contributed by atoms with E-state index < -0.39 is 16.2 Å². The van der Waals surface area contributed by atoms with Crippen LogP contribution in [0, 0.1) is 0 Å². The van der Waals surface area contributed by atoms with Crippen LogP contribution in [-0.4, -0.2) is 43.8 Å². The zero-order valence-corrected chi connectivity index (χ0v) is 14.4. The first-order chi connectivity index (χ1) is 10.6. The van der Waals surface area contributed by atoms with Crippen molar-refractivity contribution in [2.24, 2.45) is 11.5 Å². The lowest BCUT2D eigenvalue weighted by Crippen LogP contribution is -2.45. The Kier molecular flexibility index (Phi) is 10.4. The Balaban J connectivity index is 0.000000841. The Labute approximate surface area is 138 Å². The van der Waals surface area contributed by atoms with E-state index in [2.05, 4.69) is 17.4 Å². The molecule has 1 amide bonds. The van der Waals surface area contributed by atoms with Crippen molar-refractivity contribution in [3.8, 4) is 0 Å².